The molecular formula is C14H18FN3O2S. The Kier molecular flexibility index (Phi) is 3.79. The molecule has 0 unspecified atom stereocenters. The molecule has 0 fully saturated rings. The third-order valence-corrected chi connectivity index (χ3v) is 5.09. The number of halogens is 1. The Labute approximate surface area is 123 Å². The van der Waals surface area contributed by atoms with Crippen LogP contribution in [0.1, 0.15) is 22.5 Å². The zero-order valence-electron chi connectivity index (χ0n) is 12.7. The molecule has 0 saturated heterocycles. The minimum atomic E-state index is -3.79. The molecule has 1 heterocycles. The molecule has 1 N–H and O–H groups in total. The maximum atomic E-state index is 13.3. The molecule has 0 bridgehead atoms. The van der Waals surface area contributed by atoms with E-state index in [4.69, 9.17) is 0 Å². The molecule has 0 atom stereocenters. The number of hydrogen-bond acceptors (Lipinski definition) is 3. The van der Waals surface area contributed by atoms with Gasteiger partial charge >= 0.3 is 0 Å². The van der Waals surface area contributed by atoms with Crippen molar-refractivity contribution in [2.45, 2.75) is 32.6 Å². The quantitative estimate of drug-likeness (QED) is 0.947. The Balaban J connectivity index is 2.54. The van der Waals surface area contributed by atoms with Crippen molar-refractivity contribution in [2.75, 3.05) is 4.72 Å². The smallest absolute Gasteiger partial charge is 0.262 e. The van der Waals surface area contributed by atoms with Crippen LogP contribution in [0, 0.1) is 33.5 Å². The van der Waals surface area contributed by atoms with Gasteiger partial charge in [-0.2, -0.15) is 5.10 Å². The molecule has 0 aliphatic rings. The molecule has 1 aromatic heterocycles. The fourth-order valence-corrected chi connectivity index (χ4v) is 4.06. The van der Waals surface area contributed by atoms with Gasteiger partial charge in [-0.15, -0.1) is 0 Å². The van der Waals surface area contributed by atoms with Crippen molar-refractivity contribution in [1.82, 2.24) is 9.78 Å². The molecule has 0 aliphatic heterocycles. The van der Waals surface area contributed by atoms with E-state index in [-0.39, 0.29) is 4.90 Å². The standard InChI is InChI=1S/C14H18FN3O2S/c1-8-6-12(15)7-9(2)14(8)21(19,20)17-13-10(3)16-18(5)11(13)4/h6-7,17H,1-5H3. The van der Waals surface area contributed by atoms with Gasteiger partial charge in [-0.05, 0) is 51.0 Å². The van der Waals surface area contributed by atoms with E-state index in [1.807, 2.05) is 0 Å². The maximum absolute atomic E-state index is 13.3. The van der Waals surface area contributed by atoms with Crippen LogP contribution in [0.3, 0.4) is 0 Å². The number of nitrogens with one attached hydrogen (secondary N) is 1. The number of hydrogen-bond donors (Lipinski definition) is 1. The molecule has 0 saturated carbocycles. The molecule has 1 aromatic carbocycles. The van der Waals surface area contributed by atoms with Gasteiger partial charge in [0.15, 0.2) is 0 Å². The summed E-state index contributed by atoms with van der Waals surface area (Å²) in [4.78, 5) is 0.103. The number of rotatable bonds is 3. The van der Waals surface area contributed by atoms with Gasteiger partial charge in [0.25, 0.3) is 10.0 Å². The number of benzene rings is 1. The number of aryl methyl sites for hydroxylation is 4. The topological polar surface area (TPSA) is 64.0 Å². The SMILES string of the molecule is Cc1cc(F)cc(C)c1S(=O)(=O)Nc1c(C)nn(C)c1C. The molecule has 7 heteroatoms. The zero-order chi connectivity index (χ0) is 15.9. The van der Waals surface area contributed by atoms with Crippen LogP contribution in [0.2, 0.25) is 0 Å². The van der Waals surface area contributed by atoms with Gasteiger partial charge in [-0.3, -0.25) is 9.40 Å². The fraction of sp³-hybridized carbons (Fsp3) is 0.357. The molecule has 0 aliphatic carbocycles. The van der Waals surface area contributed by atoms with Gasteiger partial charge < -0.3 is 0 Å². The molecule has 0 radical (unpaired) electrons. The largest absolute Gasteiger partial charge is 0.276 e. The second-order valence-corrected chi connectivity index (χ2v) is 6.76. The van der Waals surface area contributed by atoms with Crippen molar-refractivity contribution in [3.8, 4) is 0 Å². The highest BCUT2D eigenvalue weighted by Crippen LogP contribution is 2.26. The number of aromatic nitrogens is 2. The molecule has 5 nitrogen and oxygen atoms in total. The highest BCUT2D eigenvalue weighted by atomic mass is 32.2. The third-order valence-electron chi connectivity index (χ3n) is 3.44. The first-order valence-electron chi connectivity index (χ1n) is 6.43. The number of sulfonamides is 1. The van der Waals surface area contributed by atoms with Gasteiger partial charge in [-0.25, -0.2) is 12.8 Å². The van der Waals surface area contributed by atoms with Crippen molar-refractivity contribution in [2.24, 2.45) is 7.05 Å². The third kappa shape index (κ3) is 2.78. The van der Waals surface area contributed by atoms with Gasteiger partial charge in [0.05, 0.1) is 22.0 Å². The molecule has 0 spiro atoms. The minimum Gasteiger partial charge on any atom is -0.276 e. The van der Waals surface area contributed by atoms with Gasteiger partial charge in [-0.1, -0.05) is 0 Å². The summed E-state index contributed by atoms with van der Waals surface area (Å²) in [6.45, 7) is 6.67. The van der Waals surface area contributed by atoms with Crippen molar-refractivity contribution < 1.29 is 12.8 Å². The van der Waals surface area contributed by atoms with E-state index in [9.17, 15) is 12.8 Å². The predicted octanol–water partition coefficient (Wildman–Crippen LogP) is 2.59. The van der Waals surface area contributed by atoms with Crippen molar-refractivity contribution in [1.29, 1.82) is 0 Å². The Morgan fingerprint density at radius 1 is 1.14 bits per heavy atom. The highest BCUT2D eigenvalue weighted by Gasteiger charge is 2.23. The molecule has 114 valence electrons. The van der Waals surface area contributed by atoms with Crippen LogP contribution in [0.4, 0.5) is 10.1 Å². The van der Waals surface area contributed by atoms with Gasteiger partial charge in [0.2, 0.25) is 0 Å². The Hall–Kier alpha value is -1.89. The summed E-state index contributed by atoms with van der Waals surface area (Å²) in [6, 6.07) is 2.43. The number of nitrogens with zero attached hydrogens (tertiary/aromatic N) is 2. The van der Waals surface area contributed by atoms with Crippen molar-refractivity contribution in [3.05, 3.63) is 40.5 Å². The average molecular weight is 311 g/mol. The second-order valence-electron chi connectivity index (χ2n) is 5.14. The maximum Gasteiger partial charge on any atom is 0.262 e. The summed E-state index contributed by atoms with van der Waals surface area (Å²) in [5.41, 5.74) is 2.52. The van der Waals surface area contributed by atoms with E-state index in [0.29, 0.717) is 28.2 Å². The summed E-state index contributed by atoms with van der Waals surface area (Å²) < 4.78 is 42.7. The van der Waals surface area contributed by atoms with Crippen LogP contribution in [-0.4, -0.2) is 18.2 Å². The average Bonchev–Trinajstić information content (AvgIpc) is 2.53. The van der Waals surface area contributed by atoms with E-state index < -0.39 is 15.8 Å². The van der Waals surface area contributed by atoms with E-state index in [1.165, 1.54) is 12.1 Å². The second kappa shape index (κ2) is 5.14. The molecule has 2 aromatic rings. The molecule has 0 amide bonds. The first-order chi connectivity index (χ1) is 9.63. The summed E-state index contributed by atoms with van der Waals surface area (Å²) in [5, 5.41) is 4.18. The lowest BCUT2D eigenvalue weighted by atomic mass is 10.1. The Morgan fingerprint density at radius 2 is 1.67 bits per heavy atom. The Bertz CT molecular complexity index is 787. The van der Waals surface area contributed by atoms with Crippen LogP contribution in [0.5, 0.6) is 0 Å². The fourth-order valence-electron chi connectivity index (χ4n) is 2.43. The van der Waals surface area contributed by atoms with Crippen LogP contribution in [0.25, 0.3) is 0 Å². The summed E-state index contributed by atoms with van der Waals surface area (Å²) >= 11 is 0. The van der Waals surface area contributed by atoms with Crippen LogP contribution in [0.15, 0.2) is 17.0 Å². The first-order valence-corrected chi connectivity index (χ1v) is 7.91. The first kappa shape index (κ1) is 15.5. The van der Waals surface area contributed by atoms with E-state index in [2.05, 4.69) is 9.82 Å². The summed E-state index contributed by atoms with van der Waals surface area (Å²) in [6.07, 6.45) is 0. The Morgan fingerprint density at radius 3 is 2.10 bits per heavy atom. The van der Waals surface area contributed by atoms with Crippen molar-refractivity contribution in [3.63, 3.8) is 0 Å². The van der Waals surface area contributed by atoms with Gasteiger partial charge in [0, 0.05) is 7.05 Å². The van der Waals surface area contributed by atoms with Crippen LogP contribution < -0.4 is 4.72 Å². The molecular weight excluding hydrogens is 293 g/mol. The number of anilines is 1. The molecule has 2 rings (SSSR count). The summed E-state index contributed by atoms with van der Waals surface area (Å²) in [5.74, 6) is -0.447. The lowest BCUT2D eigenvalue weighted by molar-refractivity contribution is 0.597. The lowest BCUT2D eigenvalue weighted by Gasteiger charge is -2.13. The van der Waals surface area contributed by atoms with E-state index >= 15 is 0 Å². The molecule has 21 heavy (non-hydrogen) atoms. The monoisotopic (exact) mass is 311 g/mol. The van der Waals surface area contributed by atoms with E-state index in [0.717, 1.165) is 0 Å². The van der Waals surface area contributed by atoms with E-state index in [1.54, 1.807) is 39.4 Å². The lowest BCUT2D eigenvalue weighted by Crippen LogP contribution is -2.17. The predicted molar refractivity (Wildman–Crippen MR) is 79.4 cm³/mol. The summed E-state index contributed by atoms with van der Waals surface area (Å²) in [7, 11) is -2.05. The zero-order valence-corrected chi connectivity index (χ0v) is 13.5. The normalized spacial score (nSPS) is 11.7. The van der Waals surface area contributed by atoms with Crippen LogP contribution >= 0.6 is 0 Å². The minimum absolute atomic E-state index is 0.103. The van der Waals surface area contributed by atoms with Gasteiger partial charge in [0.1, 0.15) is 5.82 Å². The highest BCUT2D eigenvalue weighted by molar-refractivity contribution is 7.92. The van der Waals surface area contributed by atoms with Crippen LogP contribution in [-0.2, 0) is 17.1 Å². The van der Waals surface area contributed by atoms with Crippen molar-refractivity contribution >= 4 is 15.7 Å².